The highest BCUT2D eigenvalue weighted by atomic mass is 32.1. The summed E-state index contributed by atoms with van der Waals surface area (Å²) < 4.78 is 0. The van der Waals surface area contributed by atoms with Crippen molar-refractivity contribution in [3.8, 4) is 0 Å². The van der Waals surface area contributed by atoms with Crippen molar-refractivity contribution in [2.24, 2.45) is 5.41 Å². The van der Waals surface area contributed by atoms with E-state index in [0.717, 1.165) is 0 Å². The van der Waals surface area contributed by atoms with Gasteiger partial charge in [-0.15, -0.1) is 6.58 Å². The minimum atomic E-state index is -1.40. The predicted molar refractivity (Wildman–Crippen MR) is 66.8 cm³/mol. The van der Waals surface area contributed by atoms with Crippen LogP contribution in [0.4, 0.5) is 0 Å². The number of rotatable bonds is 7. The first-order chi connectivity index (χ1) is 7.81. The van der Waals surface area contributed by atoms with E-state index in [9.17, 15) is 9.59 Å². The number of thiocarbonyl (C=S) groups is 1. The second-order valence-electron chi connectivity index (χ2n) is 3.79. The van der Waals surface area contributed by atoms with Gasteiger partial charge in [-0.05, 0) is 19.1 Å². The molecule has 0 aromatic rings. The Labute approximate surface area is 105 Å². The first-order valence-electron chi connectivity index (χ1n) is 4.89. The number of hydrogen-bond donors (Lipinski definition) is 4. The molecule has 0 aromatic heterocycles. The van der Waals surface area contributed by atoms with Crippen LogP contribution < -0.4 is 10.6 Å². The van der Waals surface area contributed by atoms with Gasteiger partial charge in [0, 0.05) is 13.1 Å². The summed E-state index contributed by atoms with van der Waals surface area (Å²) in [5.74, 6) is -2.35. The van der Waals surface area contributed by atoms with Crippen molar-refractivity contribution in [3.63, 3.8) is 0 Å². The van der Waals surface area contributed by atoms with E-state index in [0.29, 0.717) is 6.54 Å². The van der Waals surface area contributed by atoms with Gasteiger partial charge in [0.05, 0.1) is 11.8 Å². The molecule has 96 valence electrons. The molecule has 0 aliphatic heterocycles. The van der Waals surface area contributed by atoms with Gasteiger partial charge in [0.25, 0.3) is 0 Å². The highest BCUT2D eigenvalue weighted by molar-refractivity contribution is 7.80. The van der Waals surface area contributed by atoms with Gasteiger partial charge in [-0.2, -0.15) is 0 Å². The van der Waals surface area contributed by atoms with E-state index >= 15 is 0 Å². The Kier molecular flexibility index (Phi) is 6.19. The van der Waals surface area contributed by atoms with Gasteiger partial charge < -0.3 is 20.8 Å². The highest BCUT2D eigenvalue weighted by Gasteiger charge is 2.35. The van der Waals surface area contributed by atoms with Crippen LogP contribution in [0, 0.1) is 5.41 Å². The third-order valence-electron chi connectivity index (χ3n) is 2.10. The second kappa shape index (κ2) is 6.85. The fraction of sp³-hybridized carbons (Fsp3) is 0.500. The number of carboxylic acids is 2. The maximum atomic E-state index is 11.0. The lowest BCUT2D eigenvalue weighted by Gasteiger charge is -2.23. The molecule has 0 fully saturated rings. The molecule has 7 heteroatoms. The Bertz CT molecular complexity index is 332. The molecule has 1 atom stereocenters. The molecule has 1 unspecified atom stereocenters. The van der Waals surface area contributed by atoms with Crippen LogP contribution in [-0.4, -0.2) is 40.4 Å². The molecule has 0 saturated carbocycles. The van der Waals surface area contributed by atoms with Crippen molar-refractivity contribution >= 4 is 29.3 Å². The molecule has 4 N–H and O–H groups in total. The maximum Gasteiger partial charge on any atom is 0.311 e. The van der Waals surface area contributed by atoms with Crippen molar-refractivity contribution in [1.82, 2.24) is 10.6 Å². The van der Waals surface area contributed by atoms with Crippen LogP contribution >= 0.6 is 12.2 Å². The zero-order valence-corrected chi connectivity index (χ0v) is 10.3. The van der Waals surface area contributed by atoms with Gasteiger partial charge in [-0.1, -0.05) is 6.08 Å². The van der Waals surface area contributed by atoms with Crippen molar-refractivity contribution < 1.29 is 19.8 Å². The molecule has 0 bridgehead atoms. The van der Waals surface area contributed by atoms with Gasteiger partial charge in [-0.25, -0.2) is 0 Å². The Morgan fingerprint density at radius 2 is 2.00 bits per heavy atom. The van der Waals surface area contributed by atoms with Crippen LogP contribution in [0.5, 0.6) is 0 Å². The summed E-state index contributed by atoms with van der Waals surface area (Å²) in [5, 5.41) is 23.3. The van der Waals surface area contributed by atoms with Crippen LogP contribution in [0.3, 0.4) is 0 Å². The molecule has 6 nitrogen and oxygen atoms in total. The first-order valence-corrected chi connectivity index (χ1v) is 5.30. The second-order valence-corrected chi connectivity index (χ2v) is 4.20. The molecule has 0 spiro atoms. The van der Waals surface area contributed by atoms with Gasteiger partial charge in [0.15, 0.2) is 5.11 Å². The summed E-state index contributed by atoms with van der Waals surface area (Å²) in [6.07, 6.45) is 1.13. The van der Waals surface area contributed by atoms with Crippen LogP contribution in [-0.2, 0) is 9.59 Å². The highest BCUT2D eigenvalue weighted by Crippen LogP contribution is 2.20. The van der Waals surface area contributed by atoms with Gasteiger partial charge >= 0.3 is 11.9 Å². The summed E-state index contributed by atoms with van der Waals surface area (Å²) in [6.45, 7) is 5.24. The molecule has 0 aliphatic carbocycles. The van der Waals surface area contributed by atoms with Crippen LogP contribution in [0.25, 0.3) is 0 Å². The average molecular weight is 260 g/mol. The Morgan fingerprint density at radius 1 is 1.41 bits per heavy atom. The largest absolute Gasteiger partial charge is 0.481 e. The average Bonchev–Trinajstić information content (AvgIpc) is 2.22. The molecule has 0 heterocycles. The van der Waals surface area contributed by atoms with Crippen molar-refractivity contribution in [1.29, 1.82) is 0 Å². The molecular formula is C10H16N2O4S. The zero-order valence-electron chi connectivity index (χ0n) is 9.52. The Hall–Kier alpha value is -1.63. The molecule has 0 aliphatic rings. The summed E-state index contributed by atoms with van der Waals surface area (Å²) >= 11 is 4.88. The predicted octanol–water partition coefficient (Wildman–Crippen LogP) is 0.202. The fourth-order valence-corrected chi connectivity index (χ4v) is 1.21. The fourth-order valence-electron chi connectivity index (χ4n) is 1.05. The quantitative estimate of drug-likeness (QED) is 0.383. The van der Waals surface area contributed by atoms with Crippen molar-refractivity contribution in [2.45, 2.75) is 13.3 Å². The summed E-state index contributed by atoms with van der Waals surface area (Å²) in [6, 6.07) is 0. The number of aliphatic carboxylic acids is 2. The van der Waals surface area contributed by atoms with Gasteiger partial charge in [-0.3, -0.25) is 9.59 Å². The van der Waals surface area contributed by atoms with E-state index in [1.165, 1.54) is 6.92 Å². The molecule has 0 radical (unpaired) electrons. The lowest BCUT2D eigenvalue weighted by atomic mass is 9.87. The monoisotopic (exact) mass is 260 g/mol. The lowest BCUT2D eigenvalue weighted by Crippen LogP contribution is -2.45. The Balaban J connectivity index is 4.36. The van der Waals surface area contributed by atoms with E-state index in [1.54, 1.807) is 6.08 Å². The van der Waals surface area contributed by atoms with Crippen molar-refractivity contribution in [3.05, 3.63) is 12.7 Å². The first kappa shape index (κ1) is 15.4. The standard InChI is InChI=1S/C10H16N2O4S/c1-3-4-11-9(17)12-6-10(2,8(15)16)5-7(13)14/h3H,1,4-6H2,2H3,(H,13,14)(H,15,16)(H2,11,12,17). The third-order valence-corrected chi connectivity index (χ3v) is 2.39. The van der Waals surface area contributed by atoms with E-state index in [-0.39, 0.29) is 11.7 Å². The SMILES string of the molecule is C=CCNC(=S)NCC(C)(CC(=O)O)C(=O)O. The minimum absolute atomic E-state index is 0.0579. The molecule has 17 heavy (non-hydrogen) atoms. The van der Waals surface area contributed by atoms with Crippen LogP contribution in [0.1, 0.15) is 13.3 Å². The zero-order chi connectivity index (χ0) is 13.5. The summed E-state index contributed by atoms with van der Waals surface area (Å²) in [4.78, 5) is 21.6. The molecule has 0 amide bonds. The van der Waals surface area contributed by atoms with Crippen molar-refractivity contribution in [2.75, 3.05) is 13.1 Å². The number of carboxylic acid groups (broad SMARTS) is 2. The number of nitrogens with one attached hydrogen (secondary N) is 2. The van der Waals surface area contributed by atoms with Gasteiger partial charge in [0.2, 0.25) is 0 Å². The molecule has 0 rings (SSSR count). The number of hydrogen-bond acceptors (Lipinski definition) is 3. The number of carbonyl (C=O) groups is 2. The molecule has 0 saturated heterocycles. The maximum absolute atomic E-state index is 11.0. The van der Waals surface area contributed by atoms with E-state index in [1.807, 2.05) is 0 Å². The lowest BCUT2D eigenvalue weighted by molar-refractivity contribution is -0.154. The van der Waals surface area contributed by atoms with E-state index in [4.69, 9.17) is 22.4 Å². The molecular weight excluding hydrogens is 244 g/mol. The summed E-state index contributed by atoms with van der Waals surface area (Å²) in [7, 11) is 0. The van der Waals surface area contributed by atoms with E-state index < -0.39 is 23.8 Å². The van der Waals surface area contributed by atoms with Crippen LogP contribution in [0.15, 0.2) is 12.7 Å². The smallest absolute Gasteiger partial charge is 0.311 e. The van der Waals surface area contributed by atoms with Gasteiger partial charge in [0.1, 0.15) is 0 Å². The minimum Gasteiger partial charge on any atom is -0.481 e. The normalized spacial score (nSPS) is 13.2. The van der Waals surface area contributed by atoms with Crippen LogP contribution in [0.2, 0.25) is 0 Å². The Morgan fingerprint density at radius 3 is 2.41 bits per heavy atom. The third kappa shape index (κ3) is 5.86. The molecule has 0 aromatic carbocycles. The van der Waals surface area contributed by atoms with E-state index in [2.05, 4.69) is 17.2 Å². The topological polar surface area (TPSA) is 98.7 Å². The summed E-state index contributed by atoms with van der Waals surface area (Å²) in [5.41, 5.74) is -1.40.